The monoisotopic (exact) mass is 382 g/mol. The number of amides is 2. The molecule has 1 aliphatic heterocycles. The van der Waals surface area contributed by atoms with Crippen molar-refractivity contribution in [3.05, 3.63) is 23.8 Å². The number of carbonyl (C=O) groups is 2. The van der Waals surface area contributed by atoms with Crippen LogP contribution in [0.5, 0.6) is 0 Å². The second-order valence-electron chi connectivity index (χ2n) is 6.60. The third-order valence-corrected chi connectivity index (χ3v) is 5.62. The minimum atomic E-state index is -3.69. The lowest BCUT2D eigenvalue weighted by Crippen LogP contribution is -2.38. The average Bonchev–Trinajstić information content (AvgIpc) is 2.91. The number of rotatable bonds is 9. The molecule has 1 aromatic rings. The number of sulfonamides is 1. The van der Waals surface area contributed by atoms with Gasteiger partial charge in [-0.25, -0.2) is 13.1 Å². The van der Waals surface area contributed by atoms with E-state index in [1.807, 2.05) is 19.0 Å². The van der Waals surface area contributed by atoms with Crippen molar-refractivity contribution < 1.29 is 18.0 Å². The first kappa shape index (κ1) is 20.3. The Balaban J connectivity index is 1.92. The molecule has 26 heavy (non-hydrogen) atoms. The Hall–Kier alpha value is -1.97. The Bertz CT molecular complexity index is 777. The van der Waals surface area contributed by atoms with Gasteiger partial charge in [0.05, 0.1) is 11.3 Å². The van der Waals surface area contributed by atoms with Gasteiger partial charge in [-0.1, -0.05) is 0 Å². The lowest BCUT2D eigenvalue weighted by molar-refractivity contribution is -0.128. The van der Waals surface area contributed by atoms with E-state index >= 15 is 0 Å². The fourth-order valence-electron chi connectivity index (χ4n) is 2.78. The molecule has 0 fully saturated rings. The van der Waals surface area contributed by atoms with Crippen LogP contribution < -0.4 is 10.0 Å². The number of hydrogen-bond acceptors (Lipinski definition) is 5. The molecule has 0 aliphatic carbocycles. The molecule has 0 atom stereocenters. The highest BCUT2D eigenvalue weighted by Crippen LogP contribution is 2.25. The van der Waals surface area contributed by atoms with Crippen LogP contribution in [0.25, 0.3) is 0 Å². The third kappa shape index (κ3) is 5.52. The van der Waals surface area contributed by atoms with E-state index in [1.165, 1.54) is 19.1 Å². The predicted molar refractivity (Wildman–Crippen MR) is 99.4 cm³/mol. The van der Waals surface area contributed by atoms with E-state index < -0.39 is 10.0 Å². The molecule has 0 saturated carbocycles. The van der Waals surface area contributed by atoms with E-state index in [1.54, 1.807) is 11.0 Å². The smallest absolute Gasteiger partial charge is 0.240 e. The van der Waals surface area contributed by atoms with E-state index in [9.17, 15) is 18.0 Å². The quantitative estimate of drug-likeness (QED) is 0.638. The highest BCUT2D eigenvalue weighted by Gasteiger charge is 2.22. The van der Waals surface area contributed by atoms with Crippen LogP contribution in [0.3, 0.4) is 0 Å². The Labute approximate surface area is 154 Å². The van der Waals surface area contributed by atoms with Gasteiger partial charge in [0.15, 0.2) is 0 Å². The van der Waals surface area contributed by atoms with Crippen molar-refractivity contribution in [2.24, 2.45) is 0 Å². The zero-order valence-electron chi connectivity index (χ0n) is 15.4. The van der Waals surface area contributed by atoms with Crippen LogP contribution in [0.4, 0.5) is 5.69 Å². The second-order valence-corrected chi connectivity index (χ2v) is 8.37. The van der Waals surface area contributed by atoms with Gasteiger partial charge in [0, 0.05) is 32.2 Å². The average molecular weight is 382 g/mol. The predicted octanol–water partition coefficient (Wildman–Crippen LogP) is 0.260. The molecule has 0 aromatic heterocycles. The number of fused-ring (bicyclic) bond motifs is 1. The van der Waals surface area contributed by atoms with Gasteiger partial charge < -0.3 is 15.1 Å². The molecule has 9 heteroatoms. The Kier molecular flexibility index (Phi) is 6.74. The molecule has 8 nitrogen and oxygen atoms in total. The van der Waals surface area contributed by atoms with Crippen LogP contribution in [0.2, 0.25) is 0 Å². The van der Waals surface area contributed by atoms with Gasteiger partial charge in [-0.2, -0.15) is 0 Å². The molecule has 0 radical (unpaired) electrons. The topological polar surface area (TPSA) is 98.8 Å². The summed E-state index contributed by atoms with van der Waals surface area (Å²) in [5, 5.41) is 2.67. The van der Waals surface area contributed by atoms with Crippen molar-refractivity contribution >= 4 is 27.5 Å². The van der Waals surface area contributed by atoms with Gasteiger partial charge in [-0.05, 0) is 50.8 Å². The standard InChI is InChI=1S/C17H26N4O4S/c1-13(22)21(9-4-8-20(2)3)10-7-18-26(24,25)15-5-6-16-14(11-15)12-17(23)19-16/h5-6,11,18H,4,7-10,12H2,1-3H3,(H,19,23). The summed E-state index contributed by atoms with van der Waals surface area (Å²) in [5.74, 6) is -0.220. The first-order valence-electron chi connectivity index (χ1n) is 8.52. The zero-order valence-corrected chi connectivity index (χ0v) is 16.2. The van der Waals surface area contributed by atoms with Gasteiger partial charge in [-0.3, -0.25) is 9.59 Å². The van der Waals surface area contributed by atoms with Crippen LogP contribution in [0, 0.1) is 0 Å². The number of carbonyl (C=O) groups excluding carboxylic acids is 2. The Morgan fingerprint density at radius 1 is 1.23 bits per heavy atom. The zero-order chi connectivity index (χ0) is 19.3. The first-order valence-corrected chi connectivity index (χ1v) is 10.00. The maximum Gasteiger partial charge on any atom is 0.240 e. The first-order chi connectivity index (χ1) is 12.2. The van der Waals surface area contributed by atoms with Crippen molar-refractivity contribution in [3.8, 4) is 0 Å². The molecule has 1 aliphatic rings. The van der Waals surface area contributed by atoms with Crippen LogP contribution >= 0.6 is 0 Å². The highest BCUT2D eigenvalue weighted by molar-refractivity contribution is 7.89. The molecular weight excluding hydrogens is 356 g/mol. The number of hydrogen-bond donors (Lipinski definition) is 2. The minimum absolute atomic E-state index is 0.0786. The molecular formula is C17H26N4O4S. The van der Waals surface area contributed by atoms with E-state index in [4.69, 9.17) is 0 Å². The van der Waals surface area contributed by atoms with Crippen molar-refractivity contribution in [3.63, 3.8) is 0 Å². The molecule has 0 bridgehead atoms. The Morgan fingerprint density at radius 3 is 2.62 bits per heavy atom. The van der Waals surface area contributed by atoms with Gasteiger partial charge in [0.25, 0.3) is 0 Å². The molecule has 1 heterocycles. The third-order valence-electron chi connectivity index (χ3n) is 4.16. The summed E-state index contributed by atoms with van der Waals surface area (Å²) in [6.45, 7) is 3.37. The van der Waals surface area contributed by atoms with Crippen molar-refractivity contribution in [1.82, 2.24) is 14.5 Å². The van der Waals surface area contributed by atoms with Gasteiger partial charge in [0.1, 0.15) is 0 Å². The van der Waals surface area contributed by atoms with Crippen LogP contribution in [0.15, 0.2) is 23.1 Å². The molecule has 0 saturated heterocycles. The van der Waals surface area contributed by atoms with Crippen molar-refractivity contribution in [1.29, 1.82) is 0 Å². The summed E-state index contributed by atoms with van der Waals surface area (Å²) < 4.78 is 27.4. The fraction of sp³-hybridized carbons (Fsp3) is 0.529. The fourth-order valence-corrected chi connectivity index (χ4v) is 3.85. The summed E-state index contributed by atoms with van der Waals surface area (Å²) in [7, 11) is 0.239. The number of anilines is 1. The van der Waals surface area contributed by atoms with Crippen LogP contribution in [0.1, 0.15) is 18.9 Å². The lowest BCUT2D eigenvalue weighted by Gasteiger charge is -2.22. The highest BCUT2D eigenvalue weighted by atomic mass is 32.2. The van der Waals surface area contributed by atoms with Gasteiger partial charge in [0.2, 0.25) is 21.8 Å². The summed E-state index contributed by atoms with van der Waals surface area (Å²) in [6.07, 6.45) is 1.01. The second kappa shape index (κ2) is 8.61. The molecule has 2 N–H and O–H groups in total. The van der Waals surface area contributed by atoms with Crippen molar-refractivity contribution in [2.45, 2.75) is 24.7 Å². The summed E-state index contributed by atoms with van der Waals surface area (Å²) >= 11 is 0. The molecule has 144 valence electrons. The Morgan fingerprint density at radius 2 is 1.96 bits per heavy atom. The summed E-state index contributed by atoms with van der Waals surface area (Å²) in [4.78, 5) is 26.9. The molecule has 0 spiro atoms. The largest absolute Gasteiger partial charge is 0.342 e. The number of benzene rings is 1. The van der Waals surface area contributed by atoms with E-state index in [2.05, 4.69) is 10.0 Å². The maximum absolute atomic E-state index is 12.4. The molecule has 0 unspecified atom stereocenters. The van der Waals surface area contributed by atoms with Crippen LogP contribution in [-0.2, 0) is 26.0 Å². The minimum Gasteiger partial charge on any atom is -0.342 e. The molecule has 2 amide bonds. The number of nitrogens with one attached hydrogen (secondary N) is 2. The van der Waals surface area contributed by atoms with Crippen LogP contribution in [-0.4, -0.2) is 70.3 Å². The summed E-state index contributed by atoms with van der Waals surface area (Å²) in [6, 6.07) is 4.57. The van der Waals surface area contributed by atoms with Gasteiger partial charge >= 0.3 is 0 Å². The number of nitrogens with zero attached hydrogens (tertiary/aromatic N) is 2. The lowest BCUT2D eigenvalue weighted by atomic mass is 10.2. The van der Waals surface area contributed by atoms with E-state index in [0.29, 0.717) is 24.3 Å². The van der Waals surface area contributed by atoms with E-state index in [-0.39, 0.29) is 29.7 Å². The normalized spacial score (nSPS) is 13.6. The summed E-state index contributed by atoms with van der Waals surface area (Å²) in [5.41, 5.74) is 1.32. The van der Waals surface area contributed by atoms with Gasteiger partial charge in [-0.15, -0.1) is 0 Å². The molecule has 2 rings (SSSR count). The maximum atomic E-state index is 12.4. The SMILES string of the molecule is CC(=O)N(CCCN(C)C)CCNS(=O)(=O)c1ccc2c(c1)CC(=O)N2. The van der Waals surface area contributed by atoms with E-state index in [0.717, 1.165) is 13.0 Å². The van der Waals surface area contributed by atoms with Crippen molar-refractivity contribution in [2.75, 3.05) is 45.6 Å². The molecule has 1 aromatic carbocycles.